The van der Waals surface area contributed by atoms with Gasteiger partial charge in [0.25, 0.3) is 0 Å². The minimum absolute atomic E-state index is 0.213. The first-order valence-electron chi connectivity index (χ1n) is 6.46. The number of nitrogens with zero attached hydrogens (tertiary/aromatic N) is 1. The number of nitrogens with one attached hydrogen (secondary N) is 1. The van der Waals surface area contributed by atoms with Crippen LogP contribution in [0.3, 0.4) is 0 Å². The normalized spacial score (nSPS) is 12.7. The number of furan rings is 1. The van der Waals surface area contributed by atoms with Crippen molar-refractivity contribution >= 4 is 22.3 Å². The molecular formula is C15H16N2O2S. The first-order chi connectivity index (χ1) is 9.78. The molecule has 0 aliphatic carbocycles. The van der Waals surface area contributed by atoms with Gasteiger partial charge in [-0.2, -0.15) is 0 Å². The molecule has 20 heavy (non-hydrogen) atoms. The molecule has 104 valence electrons. The quantitative estimate of drug-likeness (QED) is 0.776. The summed E-state index contributed by atoms with van der Waals surface area (Å²) in [6, 6.07) is 8.15. The summed E-state index contributed by atoms with van der Waals surface area (Å²) in [6.45, 7) is 2.76. The summed E-state index contributed by atoms with van der Waals surface area (Å²) in [5, 5.41) is 7.54. The molecule has 2 heterocycles. The van der Waals surface area contributed by atoms with Crippen LogP contribution >= 0.6 is 11.3 Å². The topological polar surface area (TPSA) is 47.3 Å². The number of rotatable bonds is 5. The molecule has 0 saturated carbocycles. The third-order valence-corrected chi connectivity index (χ3v) is 4.14. The molecule has 0 radical (unpaired) electrons. The number of para-hydroxylation sites is 1. The predicted octanol–water partition coefficient (Wildman–Crippen LogP) is 3.75. The zero-order valence-corrected chi connectivity index (χ0v) is 12.2. The van der Waals surface area contributed by atoms with Crippen molar-refractivity contribution in [3.8, 4) is 5.75 Å². The van der Waals surface area contributed by atoms with Crippen LogP contribution in [0.2, 0.25) is 0 Å². The lowest BCUT2D eigenvalue weighted by atomic mass is 10.2. The summed E-state index contributed by atoms with van der Waals surface area (Å²) in [6.07, 6.45) is 1.82. The van der Waals surface area contributed by atoms with Crippen LogP contribution in [-0.2, 0) is 6.54 Å². The number of aromatic nitrogens is 1. The molecule has 1 unspecified atom stereocenters. The van der Waals surface area contributed by atoms with Gasteiger partial charge in [-0.25, -0.2) is 4.98 Å². The zero-order chi connectivity index (χ0) is 13.9. The third-order valence-electron chi connectivity index (χ3n) is 3.18. The smallest absolute Gasteiger partial charge is 0.176 e. The molecule has 0 fully saturated rings. The van der Waals surface area contributed by atoms with Crippen molar-refractivity contribution in [2.45, 2.75) is 19.5 Å². The molecule has 0 amide bonds. The van der Waals surface area contributed by atoms with Crippen molar-refractivity contribution in [2.75, 3.05) is 7.11 Å². The van der Waals surface area contributed by atoms with E-state index in [2.05, 4.69) is 17.2 Å². The Balaban J connectivity index is 1.75. The third kappa shape index (κ3) is 2.55. The van der Waals surface area contributed by atoms with E-state index in [0.717, 1.165) is 27.5 Å². The molecule has 1 N–H and O–H groups in total. The van der Waals surface area contributed by atoms with E-state index >= 15 is 0 Å². The lowest BCUT2D eigenvalue weighted by Gasteiger charge is -2.09. The molecule has 0 spiro atoms. The Morgan fingerprint density at radius 1 is 1.45 bits per heavy atom. The number of ether oxygens (including phenoxy) is 1. The standard InChI is InChI=1S/C15H16N2O2S/c1-10(15-16-6-7-20-15)17-9-12-8-11-4-3-5-13(18-2)14(11)19-12/h3-8,10,17H,9H2,1-2H3. The van der Waals surface area contributed by atoms with Gasteiger partial charge in [-0.05, 0) is 19.1 Å². The van der Waals surface area contributed by atoms with Crippen molar-refractivity contribution in [2.24, 2.45) is 0 Å². The summed E-state index contributed by atoms with van der Waals surface area (Å²) in [5.74, 6) is 1.66. The zero-order valence-electron chi connectivity index (χ0n) is 11.4. The maximum Gasteiger partial charge on any atom is 0.176 e. The van der Waals surface area contributed by atoms with Gasteiger partial charge < -0.3 is 14.5 Å². The molecule has 3 rings (SSSR count). The van der Waals surface area contributed by atoms with E-state index in [9.17, 15) is 0 Å². The van der Waals surface area contributed by atoms with Crippen LogP contribution in [-0.4, -0.2) is 12.1 Å². The largest absolute Gasteiger partial charge is 0.493 e. The van der Waals surface area contributed by atoms with Crippen molar-refractivity contribution < 1.29 is 9.15 Å². The number of hydrogen-bond acceptors (Lipinski definition) is 5. The Hall–Kier alpha value is -1.85. The van der Waals surface area contributed by atoms with Crippen molar-refractivity contribution in [3.05, 3.63) is 46.6 Å². The summed E-state index contributed by atoms with van der Waals surface area (Å²) in [7, 11) is 1.65. The van der Waals surface area contributed by atoms with Gasteiger partial charge in [-0.15, -0.1) is 11.3 Å². The van der Waals surface area contributed by atoms with E-state index in [1.807, 2.05) is 35.8 Å². The molecular weight excluding hydrogens is 272 g/mol. The second-order valence-corrected chi connectivity index (χ2v) is 5.49. The molecule has 1 atom stereocenters. The monoisotopic (exact) mass is 288 g/mol. The Bertz CT molecular complexity index is 691. The summed E-state index contributed by atoms with van der Waals surface area (Å²) in [5.41, 5.74) is 0.800. The van der Waals surface area contributed by atoms with Gasteiger partial charge >= 0.3 is 0 Å². The first kappa shape index (κ1) is 13.1. The fourth-order valence-corrected chi connectivity index (χ4v) is 2.80. The van der Waals surface area contributed by atoms with Gasteiger partial charge in [0, 0.05) is 17.0 Å². The van der Waals surface area contributed by atoms with Crippen LogP contribution in [0, 0.1) is 0 Å². The number of benzene rings is 1. The number of thiazole rings is 1. The second kappa shape index (κ2) is 5.64. The van der Waals surface area contributed by atoms with Gasteiger partial charge in [0.1, 0.15) is 10.8 Å². The highest BCUT2D eigenvalue weighted by atomic mass is 32.1. The van der Waals surface area contributed by atoms with Gasteiger partial charge in [-0.3, -0.25) is 0 Å². The average molecular weight is 288 g/mol. The molecule has 3 aromatic rings. The van der Waals surface area contributed by atoms with E-state index in [1.165, 1.54) is 0 Å². The molecule has 4 nitrogen and oxygen atoms in total. The van der Waals surface area contributed by atoms with Crippen molar-refractivity contribution in [1.29, 1.82) is 0 Å². The number of hydrogen-bond donors (Lipinski definition) is 1. The van der Waals surface area contributed by atoms with E-state index in [-0.39, 0.29) is 6.04 Å². The van der Waals surface area contributed by atoms with Crippen molar-refractivity contribution in [3.63, 3.8) is 0 Å². The molecule has 2 aromatic heterocycles. The fourth-order valence-electron chi connectivity index (χ4n) is 2.13. The maximum absolute atomic E-state index is 5.85. The number of fused-ring (bicyclic) bond motifs is 1. The summed E-state index contributed by atoms with van der Waals surface area (Å²) in [4.78, 5) is 4.30. The van der Waals surface area contributed by atoms with Gasteiger partial charge in [0.05, 0.1) is 19.7 Å². The van der Waals surface area contributed by atoms with E-state index in [1.54, 1.807) is 18.4 Å². The first-order valence-corrected chi connectivity index (χ1v) is 7.34. The molecule has 0 aliphatic rings. The Morgan fingerprint density at radius 3 is 3.10 bits per heavy atom. The van der Waals surface area contributed by atoms with Gasteiger partial charge in [-0.1, -0.05) is 12.1 Å². The predicted molar refractivity (Wildman–Crippen MR) is 80.1 cm³/mol. The Morgan fingerprint density at radius 2 is 2.35 bits per heavy atom. The molecule has 0 saturated heterocycles. The van der Waals surface area contributed by atoms with E-state index < -0.39 is 0 Å². The lowest BCUT2D eigenvalue weighted by molar-refractivity contribution is 0.405. The van der Waals surface area contributed by atoms with Crippen LogP contribution < -0.4 is 10.1 Å². The van der Waals surface area contributed by atoms with E-state index in [4.69, 9.17) is 9.15 Å². The SMILES string of the molecule is COc1cccc2cc(CNC(C)c3nccs3)oc12. The molecule has 0 bridgehead atoms. The lowest BCUT2D eigenvalue weighted by Crippen LogP contribution is -2.17. The van der Waals surface area contributed by atoms with Crippen LogP contribution in [0.4, 0.5) is 0 Å². The molecule has 5 heteroatoms. The van der Waals surface area contributed by atoms with Crippen LogP contribution in [0.1, 0.15) is 23.7 Å². The second-order valence-electron chi connectivity index (χ2n) is 4.56. The molecule has 0 aliphatic heterocycles. The highest BCUT2D eigenvalue weighted by Crippen LogP contribution is 2.28. The highest BCUT2D eigenvalue weighted by molar-refractivity contribution is 7.09. The Kier molecular flexibility index (Phi) is 3.71. The van der Waals surface area contributed by atoms with Crippen LogP contribution in [0.5, 0.6) is 5.75 Å². The summed E-state index contributed by atoms with van der Waals surface area (Å²) < 4.78 is 11.2. The minimum Gasteiger partial charge on any atom is -0.493 e. The van der Waals surface area contributed by atoms with Crippen molar-refractivity contribution in [1.82, 2.24) is 10.3 Å². The maximum atomic E-state index is 5.85. The minimum atomic E-state index is 0.213. The van der Waals surface area contributed by atoms with Crippen LogP contribution in [0.25, 0.3) is 11.0 Å². The van der Waals surface area contributed by atoms with Crippen LogP contribution in [0.15, 0.2) is 40.3 Å². The fraction of sp³-hybridized carbons (Fsp3) is 0.267. The summed E-state index contributed by atoms with van der Waals surface area (Å²) >= 11 is 1.65. The average Bonchev–Trinajstić information content (AvgIpc) is 3.12. The van der Waals surface area contributed by atoms with Gasteiger partial charge in [0.2, 0.25) is 0 Å². The molecule has 1 aromatic carbocycles. The van der Waals surface area contributed by atoms with E-state index in [0.29, 0.717) is 6.54 Å². The number of methoxy groups -OCH3 is 1. The van der Waals surface area contributed by atoms with Gasteiger partial charge in [0.15, 0.2) is 11.3 Å². The highest BCUT2D eigenvalue weighted by Gasteiger charge is 2.11. The Labute approximate surface area is 121 Å².